The van der Waals surface area contributed by atoms with Crippen LogP contribution in [0.3, 0.4) is 0 Å². The van der Waals surface area contributed by atoms with Crippen molar-refractivity contribution >= 4 is 11.6 Å². The molecule has 3 rings (SSSR count). The summed E-state index contributed by atoms with van der Waals surface area (Å²) in [5.41, 5.74) is 0.113. The topological polar surface area (TPSA) is 50.8 Å². The first-order valence-electron chi connectivity index (χ1n) is 11.5. The monoisotopic (exact) mass is 402 g/mol. The highest BCUT2D eigenvalue weighted by Gasteiger charge is 2.42. The maximum absolute atomic E-state index is 13.0. The minimum atomic E-state index is -0.686. The average Bonchev–Trinajstić information content (AvgIpc) is 2.98. The summed E-state index contributed by atoms with van der Waals surface area (Å²) in [6, 6.07) is 7.72. The van der Waals surface area contributed by atoms with Gasteiger partial charge in [-0.15, -0.1) is 0 Å². The van der Waals surface area contributed by atoms with Crippen molar-refractivity contribution in [2.24, 2.45) is 5.92 Å². The van der Waals surface area contributed by atoms with Crippen LogP contribution >= 0.6 is 0 Å². The van der Waals surface area contributed by atoms with E-state index < -0.39 is 5.60 Å². The van der Waals surface area contributed by atoms with Gasteiger partial charge in [0.05, 0.1) is 0 Å². The Bertz CT molecular complexity index is 622. The second-order valence-corrected chi connectivity index (χ2v) is 8.71. The van der Waals surface area contributed by atoms with E-state index in [2.05, 4.69) is 17.1 Å². The smallest absolute Gasteiger partial charge is 0.256 e. The largest absolute Gasteiger partial charge is 0.492 e. The van der Waals surface area contributed by atoms with E-state index in [9.17, 15) is 4.79 Å². The highest BCUT2D eigenvalue weighted by Crippen LogP contribution is 2.36. The number of benzene rings is 1. The summed E-state index contributed by atoms with van der Waals surface area (Å²) >= 11 is 0. The lowest BCUT2D eigenvalue weighted by Crippen LogP contribution is -2.48. The Balaban J connectivity index is 1.49. The van der Waals surface area contributed by atoms with Gasteiger partial charge < -0.3 is 14.8 Å². The number of hydrogen-bond acceptors (Lipinski definition) is 4. The Kier molecular flexibility index (Phi) is 8.37. The van der Waals surface area contributed by atoms with E-state index in [0.29, 0.717) is 19.1 Å². The zero-order valence-corrected chi connectivity index (χ0v) is 18.3. The molecule has 1 saturated heterocycles. The van der Waals surface area contributed by atoms with Gasteiger partial charge in [-0.25, -0.2) is 0 Å². The summed E-state index contributed by atoms with van der Waals surface area (Å²) in [5.74, 6) is 1.35. The van der Waals surface area contributed by atoms with Crippen molar-refractivity contribution in [3.05, 3.63) is 24.3 Å². The number of amides is 1. The van der Waals surface area contributed by atoms with E-state index >= 15 is 0 Å². The van der Waals surface area contributed by atoms with E-state index in [1.54, 1.807) is 0 Å². The quantitative estimate of drug-likeness (QED) is 0.674. The summed E-state index contributed by atoms with van der Waals surface area (Å²) < 4.78 is 11.9. The molecular weight excluding hydrogens is 364 g/mol. The molecule has 2 aliphatic rings. The number of rotatable bonds is 8. The molecule has 1 saturated carbocycles. The zero-order valence-electron chi connectivity index (χ0n) is 18.3. The molecule has 0 radical (unpaired) electrons. The second kappa shape index (κ2) is 11.0. The molecule has 162 valence electrons. The predicted octanol–water partition coefficient (Wildman–Crippen LogP) is 4.87. The lowest BCUT2D eigenvalue weighted by molar-refractivity contribution is -0.147. The molecule has 2 atom stereocenters. The first kappa shape index (κ1) is 22.1. The van der Waals surface area contributed by atoms with Crippen LogP contribution in [-0.4, -0.2) is 49.3 Å². The van der Waals surface area contributed by atoms with Crippen molar-refractivity contribution in [2.75, 3.05) is 38.2 Å². The Morgan fingerprint density at radius 3 is 2.52 bits per heavy atom. The third-order valence-electron chi connectivity index (χ3n) is 6.28. The molecule has 1 aromatic carbocycles. The molecule has 2 unspecified atom stereocenters. The Morgan fingerprint density at radius 1 is 1.14 bits per heavy atom. The predicted molar refractivity (Wildman–Crippen MR) is 117 cm³/mol. The van der Waals surface area contributed by atoms with Crippen LogP contribution in [0.5, 0.6) is 5.75 Å². The number of hydrogen-bond donors (Lipinski definition) is 1. The number of nitrogens with zero attached hydrogens (tertiary/aromatic N) is 1. The molecule has 29 heavy (non-hydrogen) atoms. The molecule has 1 aromatic rings. The van der Waals surface area contributed by atoms with Gasteiger partial charge in [-0.3, -0.25) is 9.69 Å². The van der Waals surface area contributed by atoms with Gasteiger partial charge in [0.25, 0.3) is 5.91 Å². The van der Waals surface area contributed by atoms with Gasteiger partial charge in [-0.1, -0.05) is 26.2 Å². The SMILES string of the molecule is CCOC1(C(=O)Nc2ccc(OCCN3CCCCCC3)cc2)CCCC(C)C1. The van der Waals surface area contributed by atoms with E-state index in [4.69, 9.17) is 9.47 Å². The molecule has 1 N–H and O–H groups in total. The number of anilines is 1. The van der Waals surface area contributed by atoms with E-state index in [1.165, 1.54) is 45.2 Å². The first-order valence-corrected chi connectivity index (χ1v) is 11.5. The first-order chi connectivity index (χ1) is 14.1. The normalized spacial score (nSPS) is 25.9. The van der Waals surface area contributed by atoms with Gasteiger partial charge in [-0.2, -0.15) is 0 Å². The van der Waals surface area contributed by atoms with Crippen LogP contribution in [0.15, 0.2) is 24.3 Å². The lowest BCUT2D eigenvalue weighted by Gasteiger charge is -2.38. The second-order valence-electron chi connectivity index (χ2n) is 8.71. The summed E-state index contributed by atoms with van der Waals surface area (Å²) in [4.78, 5) is 15.5. The summed E-state index contributed by atoms with van der Waals surface area (Å²) in [5, 5.41) is 3.07. The Hall–Kier alpha value is -1.59. The highest BCUT2D eigenvalue weighted by atomic mass is 16.5. The fourth-order valence-electron chi connectivity index (χ4n) is 4.71. The maximum atomic E-state index is 13.0. The number of nitrogens with one attached hydrogen (secondary N) is 1. The molecular formula is C24H38N2O3. The zero-order chi connectivity index (χ0) is 20.5. The lowest BCUT2D eigenvalue weighted by atomic mass is 9.78. The van der Waals surface area contributed by atoms with Gasteiger partial charge in [0, 0.05) is 18.8 Å². The number of ether oxygens (including phenoxy) is 2. The Labute approximate surface area is 176 Å². The van der Waals surface area contributed by atoms with E-state index in [1.807, 2.05) is 31.2 Å². The fraction of sp³-hybridized carbons (Fsp3) is 0.708. The van der Waals surface area contributed by atoms with Gasteiger partial charge in [0.15, 0.2) is 0 Å². The molecule has 2 fully saturated rings. The van der Waals surface area contributed by atoms with Crippen LogP contribution in [0.2, 0.25) is 0 Å². The summed E-state index contributed by atoms with van der Waals surface area (Å²) in [7, 11) is 0. The molecule has 1 aliphatic carbocycles. The fourth-order valence-corrected chi connectivity index (χ4v) is 4.71. The van der Waals surface area contributed by atoms with Crippen LogP contribution in [0.25, 0.3) is 0 Å². The van der Waals surface area contributed by atoms with E-state index in [0.717, 1.165) is 37.2 Å². The molecule has 1 aliphatic heterocycles. The van der Waals surface area contributed by atoms with Gasteiger partial charge >= 0.3 is 0 Å². The van der Waals surface area contributed by atoms with Gasteiger partial charge in [0.2, 0.25) is 0 Å². The third kappa shape index (κ3) is 6.45. The van der Waals surface area contributed by atoms with Crippen LogP contribution in [-0.2, 0) is 9.53 Å². The molecule has 0 aromatic heterocycles. The van der Waals surface area contributed by atoms with Crippen molar-refractivity contribution in [1.82, 2.24) is 4.90 Å². The van der Waals surface area contributed by atoms with Crippen molar-refractivity contribution in [2.45, 2.75) is 70.8 Å². The summed E-state index contributed by atoms with van der Waals surface area (Å²) in [6.07, 6.45) is 9.12. The average molecular weight is 403 g/mol. The van der Waals surface area contributed by atoms with Gasteiger partial charge in [0.1, 0.15) is 18.0 Å². The van der Waals surface area contributed by atoms with Crippen molar-refractivity contribution in [1.29, 1.82) is 0 Å². The number of carbonyl (C=O) groups is 1. The molecule has 1 heterocycles. The van der Waals surface area contributed by atoms with E-state index in [-0.39, 0.29) is 5.91 Å². The molecule has 5 heteroatoms. The number of carbonyl (C=O) groups excluding carboxylic acids is 1. The van der Waals surface area contributed by atoms with Crippen LogP contribution < -0.4 is 10.1 Å². The number of likely N-dealkylation sites (tertiary alicyclic amines) is 1. The molecule has 0 spiro atoms. The third-order valence-corrected chi connectivity index (χ3v) is 6.28. The van der Waals surface area contributed by atoms with Crippen LogP contribution in [0.1, 0.15) is 65.2 Å². The minimum Gasteiger partial charge on any atom is -0.492 e. The van der Waals surface area contributed by atoms with Gasteiger partial charge in [-0.05, 0) is 82.3 Å². The Morgan fingerprint density at radius 2 is 1.86 bits per heavy atom. The minimum absolute atomic E-state index is 0.0132. The highest BCUT2D eigenvalue weighted by molar-refractivity contribution is 5.97. The molecule has 0 bridgehead atoms. The van der Waals surface area contributed by atoms with Crippen LogP contribution in [0.4, 0.5) is 5.69 Å². The van der Waals surface area contributed by atoms with Crippen molar-refractivity contribution < 1.29 is 14.3 Å². The molecule has 5 nitrogen and oxygen atoms in total. The van der Waals surface area contributed by atoms with Crippen molar-refractivity contribution in [3.63, 3.8) is 0 Å². The standard InChI is InChI=1S/C24H38N2O3/c1-3-29-24(14-8-9-20(2)19-24)23(27)25-21-10-12-22(13-11-21)28-18-17-26-15-6-4-5-7-16-26/h10-13,20H,3-9,14-19H2,1-2H3,(H,25,27). The van der Waals surface area contributed by atoms with Crippen molar-refractivity contribution in [3.8, 4) is 5.75 Å². The maximum Gasteiger partial charge on any atom is 0.256 e. The summed E-state index contributed by atoms with van der Waals surface area (Å²) in [6.45, 7) is 8.79. The van der Waals surface area contributed by atoms with Crippen LogP contribution in [0, 0.1) is 5.92 Å². The molecule has 1 amide bonds.